The van der Waals surface area contributed by atoms with Crippen molar-refractivity contribution < 1.29 is 23.0 Å². The number of halogens is 2. The highest BCUT2D eigenvalue weighted by Crippen LogP contribution is 2.39. The Morgan fingerprint density at radius 3 is 2.56 bits per heavy atom. The molecule has 0 amide bonds. The van der Waals surface area contributed by atoms with Crippen LogP contribution in [0.3, 0.4) is 0 Å². The van der Waals surface area contributed by atoms with Gasteiger partial charge in [-0.05, 0) is 36.8 Å². The topological polar surface area (TPSA) is 64.3 Å². The van der Waals surface area contributed by atoms with Crippen LogP contribution in [0.5, 0.6) is 17.4 Å². The first kappa shape index (κ1) is 24.4. The zero-order valence-electron chi connectivity index (χ0n) is 20.9. The van der Waals surface area contributed by atoms with Crippen molar-refractivity contribution in [1.29, 1.82) is 0 Å². The SMILES string of the molecule is Cc1c(Oc2nc3ccccc3cc2-c2cc(OCc3ccccc3)c3c(n2)C=C[N+](=O)C3)ccc(F)c1F. The van der Waals surface area contributed by atoms with Gasteiger partial charge in [0.05, 0.1) is 28.0 Å². The summed E-state index contributed by atoms with van der Waals surface area (Å²) in [5.41, 5.74) is 3.94. The summed E-state index contributed by atoms with van der Waals surface area (Å²) in [5, 5.41) is 0.842. The van der Waals surface area contributed by atoms with Gasteiger partial charge >= 0.3 is 0 Å². The Morgan fingerprint density at radius 2 is 1.72 bits per heavy atom. The molecule has 5 aromatic rings. The summed E-state index contributed by atoms with van der Waals surface area (Å²) in [6.45, 7) is 1.84. The summed E-state index contributed by atoms with van der Waals surface area (Å²) in [6, 6.07) is 23.2. The highest BCUT2D eigenvalue weighted by Gasteiger charge is 2.25. The first-order chi connectivity index (χ1) is 19.0. The van der Waals surface area contributed by atoms with Crippen LogP contribution in [0.2, 0.25) is 0 Å². The normalized spacial score (nSPS) is 12.4. The fourth-order valence-corrected chi connectivity index (χ4v) is 4.44. The molecule has 0 spiro atoms. The first-order valence-corrected chi connectivity index (χ1v) is 12.3. The van der Waals surface area contributed by atoms with Crippen LogP contribution in [0.1, 0.15) is 22.4 Å². The number of aromatic nitrogens is 2. The number of fused-ring (bicyclic) bond motifs is 2. The smallest absolute Gasteiger partial charge is 0.229 e. The van der Waals surface area contributed by atoms with E-state index in [-0.39, 0.29) is 23.7 Å². The van der Waals surface area contributed by atoms with Gasteiger partial charge in [0.2, 0.25) is 18.6 Å². The van der Waals surface area contributed by atoms with Gasteiger partial charge in [-0.25, -0.2) is 18.7 Å². The van der Waals surface area contributed by atoms with E-state index in [9.17, 15) is 13.7 Å². The van der Waals surface area contributed by atoms with Crippen molar-refractivity contribution in [2.75, 3.05) is 0 Å². The van der Waals surface area contributed by atoms with Crippen molar-refractivity contribution >= 4 is 17.0 Å². The molecular formula is C31H22F2N3O3+. The van der Waals surface area contributed by atoms with Crippen LogP contribution in [0.15, 0.2) is 85.1 Å². The van der Waals surface area contributed by atoms with Crippen LogP contribution in [0.25, 0.3) is 28.2 Å². The van der Waals surface area contributed by atoms with Crippen LogP contribution < -0.4 is 9.47 Å². The number of hydrogen-bond acceptors (Lipinski definition) is 5. The minimum absolute atomic E-state index is 0.0275. The molecule has 0 unspecified atom stereocenters. The molecule has 0 saturated heterocycles. The third-order valence-electron chi connectivity index (χ3n) is 6.53. The number of benzene rings is 3. The summed E-state index contributed by atoms with van der Waals surface area (Å²) < 4.78 is 41.2. The number of para-hydroxylation sites is 1. The van der Waals surface area contributed by atoms with E-state index < -0.39 is 11.6 Å². The lowest BCUT2D eigenvalue weighted by Crippen LogP contribution is -2.11. The fourth-order valence-electron chi connectivity index (χ4n) is 4.44. The molecule has 6 nitrogen and oxygen atoms in total. The molecule has 0 radical (unpaired) electrons. The average Bonchev–Trinajstić information content (AvgIpc) is 2.96. The predicted octanol–water partition coefficient (Wildman–Crippen LogP) is 7.52. The standard InChI is InChI=1S/C31H22F2N3O3/c1-19-28(12-11-24(32)30(19)33)39-31-22(15-21-9-5-6-10-25(21)35-31)27-16-29(38-18-20-7-3-2-4-8-20)23-17-36(37)14-13-26(23)34-27/h2-16H,17-18H2,1H3/q+1. The molecule has 0 saturated carbocycles. The Balaban J connectivity index is 1.49. The minimum atomic E-state index is -0.981. The van der Waals surface area contributed by atoms with E-state index in [1.807, 2.05) is 60.7 Å². The first-order valence-electron chi connectivity index (χ1n) is 12.3. The molecule has 1 aliphatic heterocycles. The second-order valence-electron chi connectivity index (χ2n) is 9.15. The molecule has 0 bridgehead atoms. The van der Waals surface area contributed by atoms with Crippen molar-refractivity contribution in [2.45, 2.75) is 20.1 Å². The lowest BCUT2D eigenvalue weighted by atomic mass is 10.0. The second kappa shape index (κ2) is 10.1. The molecule has 3 heterocycles. The highest BCUT2D eigenvalue weighted by atomic mass is 19.2. The second-order valence-corrected chi connectivity index (χ2v) is 9.15. The molecule has 39 heavy (non-hydrogen) atoms. The Hall–Kier alpha value is -4.98. The lowest BCUT2D eigenvalue weighted by molar-refractivity contribution is -0.496. The molecule has 192 valence electrons. The summed E-state index contributed by atoms with van der Waals surface area (Å²) in [6.07, 6.45) is 3.06. The average molecular weight is 523 g/mol. The zero-order chi connectivity index (χ0) is 26.9. The van der Waals surface area contributed by atoms with E-state index in [0.29, 0.717) is 40.4 Å². The van der Waals surface area contributed by atoms with Crippen LogP contribution in [-0.4, -0.2) is 14.7 Å². The van der Waals surface area contributed by atoms with E-state index in [4.69, 9.17) is 19.4 Å². The van der Waals surface area contributed by atoms with Gasteiger partial charge < -0.3 is 9.47 Å². The van der Waals surface area contributed by atoms with Gasteiger partial charge in [-0.2, -0.15) is 0 Å². The maximum Gasteiger partial charge on any atom is 0.229 e. The molecule has 2 aromatic heterocycles. The molecule has 0 fully saturated rings. The number of pyridine rings is 2. The third-order valence-corrected chi connectivity index (χ3v) is 6.53. The lowest BCUT2D eigenvalue weighted by Gasteiger charge is -2.17. The van der Waals surface area contributed by atoms with Gasteiger partial charge in [-0.3, -0.25) is 0 Å². The maximum absolute atomic E-state index is 14.3. The summed E-state index contributed by atoms with van der Waals surface area (Å²) >= 11 is 0. The van der Waals surface area contributed by atoms with Gasteiger partial charge in [0, 0.05) is 32.8 Å². The van der Waals surface area contributed by atoms with Gasteiger partial charge in [0.25, 0.3) is 0 Å². The number of rotatable bonds is 6. The molecule has 8 heteroatoms. The third kappa shape index (κ3) is 4.84. The van der Waals surface area contributed by atoms with Crippen molar-refractivity contribution in [1.82, 2.24) is 9.97 Å². The summed E-state index contributed by atoms with van der Waals surface area (Å²) in [4.78, 5) is 21.7. The van der Waals surface area contributed by atoms with Crippen LogP contribution in [-0.2, 0) is 13.2 Å². The minimum Gasteiger partial charge on any atom is -0.488 e. The number of hydrogen-bond donors (Lipinski definition) is 0. The number of nitrogens with zero attached hydrogens (tertiary/aromatic N) is 3. The van der Waals surface area contributed by atoms with Gasteiger partial charge in [0.15, 0.2) is 11.6 Å². The number of ether oxygens (including phenoxy) is 2. The fraction of sp³-hybridized carbons (Fsp3) is 0.0968. The highest BCUT2D eigenvalue weighted by molar-refractivity contribution is 5.86. The number of nitroso groups, excluding NO2 is 1. The van der Waals surface area contributed by atoms with E-state index >= 15 is 0 Å². The monoisotopic (exact) mass is 522 g/mol. The van der Waals surface area contributed by atoms with E-state index in [2.05, 4.69) is 0 Å². The molecular weight excluding hydrogens is 500 g/mol. The quantitative estimate of drug-likeness (QED) is 0.216. The van der Waals surface area contributed by atoms with E-state index in [0.717, 1.165) is 21.8 Å². The van der Waals surface area contributed by atoms with Crippen molar-refractivity contribution in [3.05, 3.63) is 124 Å². The molecule has 0 aliphatic carbocycles. The van der Waals surface area contributed by atoms with Crippen molar-refractivity contribution in [2.24, 2.45) is 0 Å². The Labute approximate surface area is 222 Å². The van der Waals surface area contributed by atoms with E-state index in [1.165, 1.54) is 19.2 Å². The van der Waals surface area contributed by atoms with E-state index in [1.54, 1.807) is 12.1 Å². The predicted molar refractivity (Wildman–Crippen MR) is 143 cm³/mol. The van der Waals surface area contributed by atoms with Crippen molar-refractivity contribution in [3.8, 4) is 28.6 Å². The molecule has 1 aliphatic rings. The van der Waals surface area contributed by atoms with Gasteiger partial charge in [-0.1, -0.05) is 48.5 Å². The summed E-state index contributed by atoms with van der Waals surface area (Å²) in [5.74, 6) is -1.12. The molecule has 0 N–H and O–H groups in total. The van der Waals surface area contributed by atoms with Crippen LogP contribution in [0.4, 0.5) is 8.78 Å². The molecule has 3 aromatic carbocycles. The Kier molecular flexibility index (Phi) is 6.28. The Morgan fingerprint density at radius 1 is 0.923 bits per heavy atom. The Bertz CT molecular complexity index is 1770. The largest absolute Gasteiger partial charge is 0.488 e. The van der Waals surface area contributed by atoms with Gasteiger partial charge in [-0.15, -0.1) is 0 Å². The molecule has 0 atom stereocenters. The van der Waals surface area contributed by atoms with Gasteiger partial charge in [0.1, 0.15) is 18.1 Å². The van der Waals surface area contributed by atoms with Crippen molar-refractivity contribution in [3.63, 3.8) is 0 Å². The molecule has 6 rings (SSSR count). The zero-order valence-corrected chi connectivity index (χ0v) is 20.9. The van der Waals surface area contributed by atoms with Crippen LogP contribution in [0, 0.1) is 23.5 Å². The summed E-state index contributed by atoms with van der Waals surface area (Å²) in [7, 11) is 0. The van der Waals surface area contributed by atoms with Crippen LogP contribution >= 0.6 is 0 Å². The maximum atomic E-state index is 14.3.